The van der Waals surface area contributed by atoms with Crippen LogP contribution in [-0.2, 0) is 0 Å². The molecule has 2 aromatic carbocycles. The summed E-state index contributed by atoms with van der Waals surface area (Å²) in [5, 5.41) is 0. The van der Waals surface area contributed by atoms with Crippen LogP contribution in [0.2, 0.25) is 0 Å². The van der Waals surface area contributed by atoms with Gasteiger partial charge in [0.25, 0.3) is 0 Å². The van der Waals surface area contributed by atoms with E-state index in [0.717, 1.165) is 77.2 Å². The first-order valence-corrected chi connectivity index (χ1v) is 14.2. The average Bonchev–Trinajstić information content (AvgIpc) is 2.86. The molecule has 2 atom stereocenters. The first-order chi connectivity index (χ1) is 17.1. The second-order valence-electron chi connectivity index (χ2n) is 10.7. The van der Waals surface area contributed by atoms with E-state index in [1.165, 1.54) is 39.0 Å². The van der Waals surface area contributed by atoms with Crippen LogP contribution in [0.25, 0.3) is 0 Å². The highest BCUT2D eigenvalue weighted by molar-refractivity contribution is 7.99. The number of rotatable bonds is 7. The van der Waals surface area contributed by atoms with Gasteiger partial charge in [-0.25, -0.2) is 0 Å². The van der Waals surface area contributed by atoms with Gasteiger partial charge < -0.3 is 26.2 Å². The Hall–Kier alpha value is -1.64. The maximum absolute atomic E-state index is 5.93. The van der Waals surface area contributed by atoms with E-state index in [2.05, 4.69) is 69.8 Å². The normalized spacial score (nSPS) is 22.2. The van der Waals surface area contributed by atoms with Crippen LogP contribution in [0.15, 0.2) is 46.2 Å². The zero-order chi connectivity index (χ0) is 24.4. The van der Waals surface area contributed by atoms with Crippen LogP contribution in [0, 0.1) is 11.8 Å². The number of benzene rings is 2. The van der Waals surface area contributed by atoms with Crippen molar-refractivity contribution in [3.05, 3.63) is 36.4 Å². The van der Waals surface area contributed by atoms with Crippen molar-refractivity contribution in [3.8, 4) is 0 Å². The standard InChI is InChI=1S/C28H42N6S.ClH/c1-21-16-22(2)20-33(19-21)24-5-7-26-28(18-24)35-27-17-23(4-6-25(27)34(26)10-3-8-29)32-14-12-31(11-9-30)13-15-32;/h4-7,17-18,21-22H,3,8-16,19-20,29-30H2,1-2H3;1H. The molecule has 0 radical (unpaired) electrons. The highest BCUT2D eigenvalue weighted by atomic mass is 35.5. The van der Waals surface area contributed by atoms with Crippen LogP contribution < -0.4 is 26.2 Å². The SMILES string of the molecule is CC1CC(C)CN(c2ccc3c(c2)Sc2cc(N4CCN(CCN)CC4)ccc2N3CCCN)C1.Cl. The molecule has 0 spiro atoms. The lowest BCUT2D eigenvalue weighted by atomic mass is 9.91. The molecule has 2 aromatic rings. The largest absolute Gasteiger partial charge is 0.371 e. The minimum atomic E-state index is 0. The number of hydrogen-bond acceptors (Lipinski definition) is 7. The number of halogens is 1. The molecule has 5 rings (SSSR count). The maximum Gasteiger partial charge on any atom is 0.0554 e. The summed E-state index contributed by atoms with van der Waals surface area (Å²) in [6, 6.07) is 14.1. The fourth-order valence-corrected chi connectivity index (χ4v) is 7.19. The molecule has 36 heavy (non-hydrogen) atoms. The topological polar surface area (TPSA) is 65.0 Å². The van der Waals surface area contributed by atoms with Crippen LogP contribution in [-0.4, -0.2) is 70.3 Å². The molecule has 3 aliphatic heterocycles. The van der Waals surface area contributed by atoms with Gasteiger partial charge in [-0.1, -0.05) is 25.6 Å². The van der Waals surface area contributed by atoms with Crippen LogP contribution >= 0.6 is 24.2 Å². The monoisotopic (exact) mass is 530 g/mol. The molecule has 2 unspecified atom stereocenters. The van der Waals surface area contributed by atoms with Crippen LogP contribution in [0.4, 0.5) is 22.7 Å². The highest BCUT2D eigenvalue weighted by Gasteiger charge is 2.27. The van der Waals surface area contributed by atoms with Crippen LogP contribution in [0.1, 0.15) is 26.7 Å². The fraction of sp³-hybridized carbons (Fsp3) is 0.571. The number of nitrogens with two attached hydrogens (primary N) is 2. The molecule has 8 heteroatoms. The van der Waals surface area contributed by atoms with E-state index < -0.39 is 0 Å². The predicted octanol–water partition coefficient (Wildman–Crippen LogP) is 4.62. The molecule has 0 aliphatic carbocycles. The molecule has 198 valence electrons. The van der Waals surface area contributed by atoms with Gasteiger partial charge in [-0.15, -0.1) is 12.4 Å². The van der Waals surface area contributed by atoms with Crippen molar-refractivity contribution in [3.63, 3.8) is 0 Å². The van der Waals surface area contributed by atoms with Crippen molar-refractivity contribution in [1.29, 1.82) is 0 Å². The summed E-state index contributed by atoms with van der Waals surface area (Å²) in [6.07, 6.45) is 2.32. The lowest BCUT2D eigenvalue weighted by Crippen LogP contribution is -2.47. The Balaban J connectivity index is 0.00000304. The molecule has 2 saturated heterocycles. The van der Waals surface area contributed by atoms with E-state index in [9.17, 15) is 0 Å². The number of hydrogen-bond donors (Lipinski definition) is 2. The Morgan fingerprint density at radius 2 is 1.36 bits per heavy atom. The average molecular weight is 531 g/mol. The zero-order valence-electron chi connectivity index (χ0n) is 21.9. The van der Waals surface area contributed by atoms with Crippen LogP contribution in [0.5, 0.6) is 0 Å². The third kappa shape index (κ3) is 5.91. The molecule has 0 amide bonds. The number of piperazine rings is 1. The van der Waals surface area contributed by atoms with Gasteiger partial charge in [0.2, 0.25) is 0 Å². The maximum atomic E-state index is 5.93. The number of fused-ring (bicyclic) bond motifs is 2. The molecule has 3 aliphatic rings. The Labute approximate surface area is 227 Å². The third-order valence-electron chi connectivity index (χ3n) is 7.69. The minimum Gasteiger partial charge on any atom is -0.371 e. The fourth-order valence-electron chi connectivity index (χ4n) is 6.03. The summed E-state index contributed by atoms with van der Waals surface area (Å²) >= 11 is 1.93. The molecule has 0 bridgehead atoms. The Kier molecular flexibility index (Phi) is 9.34. The van der Waals surface area contributed by atoms with Gasteiger partial charge in [-0.2, -0.15) is 0 Å². The molecular weight excluding hydrogens is 488 g/mol. The zero-order valence-corrected chi connectivity index (χ0v) is 23.5. The van der Waals surface area contributed by atoms with E-state index in [1.807, 2.05) is 11.8 Å². The Bertz CT molecular complexity index is 1000. The smallest absolute Gasteiger partial charge is 0.0554 e. The van der Waals surface area contributed by atoms with Gasteiger partial charge >= 0.3 is 0 Å². The summed E-state index contributed by atoms with van der Waals surface area (Å²) in [7, 11) is 0. The predicted molar refractivity (Wildman–Crippen MR) is 158 cm³/mol. The van der Waals surface area contributed by atoms with Gasteiger partial charge in [0.15, 0.2) is 0 Å². The first kappa shape index (κ1) is 27.4. The summed E-state index contributed by atoms with van der Waals surface area (Å²) in [5.41, 5.74) is 17.0. The van der Waals surface area contributed by atoms with Crippen LogP contribution in [0.3, 0.4) is 0 Å². The number of anilines is 4. The van der Waals surface area contributed by atoms with Crippen molar-refractivity contribution < 1.29 is 0 Å². The first-order valence-electron chi connectivity index (χ1n) is 13.4. The van der Waals surface area contributed by atoms with E-state index in [0.29, 0.717) is 6.54 Å². The lowest BCUT2D eigenvalue weighted by molar-refractivity contribution is 0.265. The lowest BCUT2D eigenvalue weighted by Gasteiger charge is -2.39. The Morgan fingerprint density at radius 3 is 1.92 bits per heavy atom. The van der Waals surface area contributed by atoms with Gasteiger partial charge in [-0.3, -0.25) is 4.90 Å². The molecule has 2 fully saturated rings. The van der Waals surface area contributed by atoms with Gasteiger partial charge in [0.05, 0.1) is 11.4 Å². The van der Waals surface area contributed by atoms with Gasteiger partial charge in [0, 0.05) is 80.1 Å². The van der Waals surface area contributed by atoms with E-state index in [1.54, 1.807) is 0 Å². The van der Waals surface area contributed by atoms with E-state index in [4.69, 9.17) is 11.5 Å². The quantitative estimate of drug-likeness (QED) is 0.541. The summed E-state index contributed by atoms with van der Waals surface area (Å²) < 4.78 is 0. The van der Waals surface area contributed by atoms with Crippen molar-refractivity contribution >= 4 is 46.9 Å². The Morgan fingerprint density at radius 1 is 0.778 bits per heavy atom. The van der Waals surface area contributed by atoms with Crippen molar-refractivity contribution in [2.75, 3.05) is 80.1 Å². The summed E-state index contributed by atoms with van der Waals surface area (Å²) in [6.45, 7) is 14.8. The van der Waals surface area contributed by atoms with Gasteiger partial charge in [0.1, 0.15) is 0 Å². The third-order valence-corrected chi connectivity index (χ3v) is 8.78. The summed E-state index contributed by atoms with van der Waals surface area (Å²) in [4.78, 5) is 12.8. The molecule has 3 heterocycles. The summed E-state index contributed by atoms with van der Waals surface area (Å²) in [5.74, 6) is 1.49. The van der Waals surface area contributed by atoms with E-state index >= 15 is 0 Å². The van der Waals surface area contributed by atoms with Crippen molar-refractivity contribution in [2.45, 2.75) is 36.5 Å². The molecule has 4 N–H and O–H groups in total. The van der Waals surface area contributed by atoms with E-state index in [-0.39, 0.29) is 12.4 Å². The van der Waals surface area contributed by atoms with Gasteiger partial charge in [-0.05, 0) is 67.6 Å². The van der Waals surface area contributed by atoms with Crippen molar-refractivity contribution in [2.24, 2.45) is 23.3 Å². The second kappa shape index (κ2) is 12.3. The second-order valence-corrected chi connectivity index (χ2v) is 11.8. The molecule has 0 saturated carbocycles. The number of nitrogens with zero attached hydrogens (tertiary/aromatic N) is 4. The van der Waals surface area contributed by atoms with Crippen molar-refractivity contribution in [1.82, 2.24) is 4.90 Å². The minimum absolute atomic E-state index is 0. The number of piperidine rings is 1. The molecule has 0 aromatic heterocycles. The molecule has 6 nitrogen and oxygen atoms in total. The highest BCUT2D eigenvalue weighted by Crippen LogP contribution is 2.50. The molecular formula is C28H43ClN6S.